The summed E-state index contributed by atoms with van der Waals surface area (Å²) >= 11 is 0. The summed E-state index contributed by atoms with van der Waals surface area (Å²) in [5, 5.41) is 0. The average Bonchev–Trinajstić information content (AvgIpc) is 2.38. The molecule has 0 radical (unpaired) electrons. The van der Waals surface area contributed by atoms with Crippen molar-refractivity contribution >= 4 is 11.9 Å². The second-order valence-corrected chi connectivity index (χ2v) is 5.69. The van der Waals surface area contributed by atoms with E-state index in [2.05, 4.69) is 4.98 Å². The first-order chi connectivity index (χ1) is 9.87. The zero-order valence-electron chi connectivity index (χ0n) is 13.4. The standard InChI is InChI=1S/C14H18N2O3.C2H6/c1-14(2,3)19-13(18)16-8-11(9-16)12(17)10-5-4-6-15-7-10;1-2/h4-7,11H,8-9H2,1-3H3;1-2H3. The number of Topliss-reactive ketones (excluding diaryl/α,β-unsaturated/α-hetero) is 1. The summed E-state index contributed by atoms with van der Waals surface area (Å²) in [5.41, 5.74) is 0.0894. The van der Waals surface area contributed by atoms with Crippen molar-refractivity contribution in [3.05, 3.63) is 30.1 Å². The molecule has 116 valence electrons. The Morgan fingerprint density at radius 1 is 1.29 bits per heavy atom. The molecule has 0 bridgehead atoms. The van der Waals surface area contributed by atoms with Crippen molar-refractivity contribution < 1.29 is 14.3 Å². The van der Waals surface area contributed by atoms with Crippen molar-refractivity contribution in [3.8, 4) is 0 Å². The van der Waals surface area contributed by atoms with E-state index in [0.29, 0.717) is 18.7 Å². The van der Waals surface area contributed by atoms with Gasteiger partial charge in [-0.3, -0.25) is 9.78 Å². The highest BCUT2D eigenvalue weighted by Crippen LogP contribution is 2.22. The van der Waals surface area contributed by atoms with Crippen molar-refractivity contribution in [2.75, 3.05) is 13.1 Å². The molecule has 1 aromatic rings. The van der Waals surface area contributed by atoms with E-state index < -0.39 is 5.60 Å². The normalized spacial score (nSPS) is 14.6. The molecule has 1 saturated heterocycles. The number of amides is 1. The van der Waals surface area contributed by atoms with Gasteiger partial charge in [0.2, 0.25) is 0 Å². The summed E-state index contributed by atoms with van der Waals surface area (Å²) in [5.74, 6) is -0.107. The first-order valence-corrected chi connectivity index (χ1v) is 7.29. The Bertz CT molecular complexity index is 474. The molecular weight excluding hydrogens is 268 g/mol. The molecule has 0 aliphatic carbocycles. The van der Waals surface area contributed by atoms with Gasteiger partial charge >= 0.3 is 6.09 Å². The Morgan fingerprint density at radius 2 is 1.90 bits per heavy atom. The highest BCUT2D eigenvalue weighted by molar-refractivity contribution is 5.99. The lowest BCUT2D eigenvalue weighted by Crippen LogP contribution is -2.54. The van der Waals surface area contributed by atoms with Crippen LogP contribution in [0.2, 0.25) is 0 Å². The number of nitrogens with zero attached hydrogens (tertiary/aromatic N) is 2. The Hall–Kier alpha value is -1.91. The van der Waals surface area contributed by atoms with Crippen LogP contribution in [0.15, 0.2) is 24.5 Å². The van der Waals surface area contributed by atoms with Gasteiger partial charge < -0.3 is 9.64 Å². The quantitative estimate of drug-likeness (QED) is 0.786. The third-order valence-corrected chi connectivity index (χ3v) is 2.85. The van der Waals surface area contributed by atoms with Gasteiger partial charge in [0, 0.05) is 31.0 Å². The maximum Gasteiger partial charge on any atom is 0.410 e. The first kappa shape index (κ1) is 17.1. The lowest BCUT2D eigenvalue weighted by Gasteiger charge is -2.38. The molecule has 2 rings (SSSR count). The molecule has 0 spiro atoms. The van der Waals surface area contributed by atoms with Crippen LogP contribution in [0.4, 0.5) is 4.79 Å². The van der Waals surface area contributed by atoms with E-state index in [1.54, 1.807) is 29.4 Å². The van der Waals surface area contributed by atoms with E-state index in [4.69, 9.17) is 4.74 Å². The van der Waals surface area contributed by atoms with Gasteiger partial charge in [0.15, 0.2) is 5.78 Å². The predicted molar refractivity (Wildman–Crippen MR) is 81.2 cm³/mol. The highest BCUT2D eigenvalue weighted by atomic mass is 16.6. The van der Waals surface area contributed by atoms with E-state index in [1.165, 1.54) is 0 Å². The molecule has 1 aliphatic heterocycles. The molecule has 0 saturated carbocycles. The van der Waals surface area contributed by atoms with E-state index >= 15 is 0 Å². The molecule has 1 aliphatic rings. The number of ether oxygens (including phenoxy) is 1. The van der Waals surface area contributed by atoms with Gasteiger partial charge in [0.05, 0.1) is 5.92 Å². The lowest BCUT2D eigenvalue weighted by atomic mass is 9.92. The van der Waals surface area contributed by atoms with Gasteiger partial charge in [-0.2, -0.15) is 0 Å². The largest absolute Gasteiger partial charge is 0.444 e. The highest BCUT2D eigenvalue weighted by Gasteiger charge is 2.38. The molecule has 2 heterocycles. The van der Waals surface area contributed by atoms with Crippen molar-refractivity contribution in [1.29, 1.82) is 0 Å². The monoisotopic (exact) mass is 292 g/mol. The Morgan fingerprint density at radius 3 is 2.38 bits per heavy atom. The molecule has 21 heavy (non-hydrogen) atoms. The van der Waals surface area contributed by atoms with Crippen LogP contribution in [0.25, 0.3) is 0 Å². The maximum absolute atomic E-state index is 12.1. The molecule has 5 nitrogen and oxygen atoms in total. The van der Waals surface area contributed by atoms with Crippen LogP contribution in [-0.2, 0) is 4.74 Å². The number of pyridine rings is 1. The van der Waals surface area contributed by atoms with Crippen LogP contribution in [-0.4, -0.2) is 40.5 Å². The molecular formula is C16H24N2O3. The fourth-order valence-electron chi connectivity index (χ4n) is 1.86. The van der Waals surface area contributed by atoms with Crippen LogP contribution in [0.1, 0.15) is 45.0 Å². The van der Waals surface area contributed by atoms with Crippen LogP contribution in [0.3, 0.4) is 0 Å². The minimum atomic E-state index is -0.504. The molecule has 0 N–H and O–H groups in total. The molecule has 1 amide bonds. The van der Waals surface area contributed by atoms with E-state index in [-0.39, 0.29) is 17.8 Å². The first-order valence-electron chi connectivity index (χ1n) is 7.29. The fourth-order valence-corrected chi connectivity index (χ4v) is 1.86. The zero-order chi connectivity index (χ0) is 16.0. The minimum Gasteiger partial charge on any atom is -0.444 e. The van der Waals surface area contributed by atoms with Gasteiger partial charge in [-0.25, -0.2) is 4.79 Å². The van der Waals surface area contributed by atoms with Gasteiger partial charge in [-0.15, -0.1) is 0 Å². The van der Waals surface area contributed by atoms with Crippen molar-refractivity contribution in [2.24, 2.45) is 5.92 Å². The minimum absolute atomic E-state index is 0.0351. The van der Waals surface area contributed by atoms with E-state index in [1.807, 2.05) is 34.6 Å². The summed E-state index contributed by atoms with van der Waals surface area (Å²) < 4.78 is 5.24. The number of likely N-dealkylation sites (tertiary alicyclic amines) is 1. The second kappa shape index (κ2) is 7.20. The number of hydrogen-bond donors (Lipinski definition) is 0. The third-order valence-electron chi connectivity index (χ3n) is 2.85. The summed E-state index contributed by atoms with van der Waals surface area (Å²) in [4.78, 5) is 29.3. The molecule has 0 aromatic carbocycles. The van der Waals surface area contributed by atoms with Crippen LogP contribution in [0.5, 0.6) is 0 Å². The maximum atomic E-state index is 12.1. The van der Waals surface area contributed by atoms with Gasteiger partial charge in [0.25, 0.3) is 0 Å². The Labute approximate surface area is 126 Å². The Kier molecular flexibility index (Phi) is 5.88. The summed E-state index contributed by atoms with van der Waals surface area (Å²) in [6, 6.07) is 3.48. The van der Waals surface area contributed by atoms with Gasteiger partial charge in [-0.1, -0.05) is 13.8 Å². The van der Waals surface area contributed by atoms with E-state index in [0.717, 1.165) is 0 Å². The number of carbonyl (C=O) groups is 2. The van der Waals surface area contributed by atoms with Gasteiger partial charge in [0.1, 0.15) is 5.60 Å². The Balaban J connectivity index is 0.00000106. The van der Waals surface area contributed by atoms with Crippen LogP contribution >= 0.6 is 0 Å². The molecule has 5 heteroatoms. The molecule has 0 unspecified atom stereocenters. The van der Waals surface area contributed by atoms with Gasteiger partial charge in [-0.05, 0) is 32.9 Å². The third kappa shape index (κ3) is 4.85. The average molecular weight is 292 g/mol. The second-order valence-electron chi connectivity index (χ2n) is 5.69. The molecule has 1 fully saturated rings. The van der Waals surface area contributed by atoms with Crippen LogP contribution in [0, 0.1) is 5.92 Å². The fraction of sp³-hybridized carbons (Fsp3) is 0.562. The smallest absolute Gasteiger partial charge is 0.410 e. The summed E-state index contributed by atoms with van der Waals surface area (Å²) in [7, 11) is 0. The molecule has 1 aromatic heterocycles. The number of rotatable bonds is 2. The topological polar surface area (TPSA) is 59.5 Å². The van der Waals surface area contributed by atoms with Crippen molar-refractivity contribution in [1.82, 2.24) is 9.88 Å². The summed E-state index contributed by atoms with van der Waals surface area (Å²) in [6.45, 7) is 10.3. The zero-order valence-corrected chi connectivity index (χ0v) is 13.4. The van der Waals surface area contributed by atoms with E-state index in [9.17, 15) is 9.59 Å². The number of aromatic nitrogens is 1. The SMILES string of the molecule is CC.CC(C)(C)OC(=O)N1CC(C(=O)c2cccnc2)C1. The lowest BCUT2D eigenvalue weighted by molar-refractivity contribution is 0.00148. The predicted octanol–water partition coefficient (Wildman–Crippen LogP) is 3.16. The van der Waals surface area contributed by atoms with Crippen LogP contribution < -0.4 is 0 Å². The summed E-state index contributed by atoms with van der Waals surface area (Å²) in [6.07, 6.45) is 2.82. The number of ketones is 1. The van der Waals surface area contributed by atoms with Crippen molar-refractivity contribution in [2.45, 2.75) is 40.2 Å². The number of hydrogen-bond acceptors (Lipinski definition) is 4. The number of carbonyl (C=O) groups excluding carboxylic acids is 2. The molecule has 0 atom stereocenters. The van der Waals surface area contributed by atoms with Crippen molar-refractivity contribution in [3.63, 3.8) is 0 Å².